The smallest absolute Gasteiger partial charge is 0.182 e. The van der Waals surface area contributed by atoms with Gasteiger partial charge in [0.15, 0.2) is 5.78 Å². The quantitative estimate of drug-likeness (QED) is 0.765. The summed E-state index contributed by atoms with van der Waals surface area (Å²) in [6, 6.07) is 10.1. The fourth-order valence-corrected chi connectivity index (χ4v) is 2.47. The molecule has 0 amide bonds. The van der Waals surface area contributed by atoms with Crippen molar-refractivity contribution >= 4 is 12.1 Å². The third-order valence-electron chi connectivity index (χ3n) is 3.53. The molecule has 3 rings (SSSR count). The normalized spacial score (nSPS) is 20.9. The Morgan fingerprint density at radius 2 is 2.10 bits per heavy atom. The second-order valence-corrected chi connectivity index (χ2v) is 4.89. The average molecular weight is 262 g/mol. The predicted molar refractivity (Wildman–Crippen MR) is 78.8 cm³/mol. The molecule has 1 atom stereocenters. The standard InChI is InChI=1S/C17H14N2O/c1-2-14-8-9-16-15(17(14)20)11-19(12-18-16)10-13-6-4-3-5-7-13/h1,3-9,12,15H,10-11H2. The Morgan fingerprint density at radius 1 is 1.30 bits per heavy atom. The van der Waals surface area contributed by atoms with Gasteiger partial charge in [0, 0.05) is 13.1 Å². The van der Waals surface area contributed by atoms with E-state index in [2.05, 4.69) is 27.9 Å². The molecular formula is C17H14N2O. The maximum absolute atomic E-state index is 12.2. The van der Waals surface area contributed by atoms with E-state index in [1.165, 1.54) is 5.56 Å². The number of carbonyl (C=O) groups excluding carboxylic acids is 1. The van der Waals surface area contributed by atoms with Crippen LogP contribution in [0.2, 0.25) is 0 Å². The Balaban J connectivity index is 1.79. The number of nitrogens with zero attached hydrogens (tertiary/aromatic N) is 2. The molecule has 0 fully saturated rings. The monoisotopic (exact) mass is 262 g/mol. The molecule has 0 bridgehead atoms. The van der Waals surface area contributed by atoms with Gasteiger partial charge in [-0.15, -0.1) is 6.42 Å². The first-order valence-electron chi connectivity index (χ1n) is 6.53. The van der Waals surface area contributed by atoms with E-state index < -0.39 is 0 Å². The van der Waals surface area contributed by atoms with Crippen LogP contribution in [0.5, 0.6) is 0 Å². The van der Waals surface area contributed by atoms with Crippen LogP contribution in [-0.2, 0) is 11.3 Å². The molecule has 1 aromatic rings. The number of ketones is 1. The van der Waals surface area contributed by atoms with Crippen molar-refractivity contribution in [3.63, 3.8) is 0 Å². The summed E-state index contributed by atoms with van der Waals surface area (Å²) >= 11 is 0. The number of allylic oxidation sites excluding steroid dienone is 3. The molecule has 1 heterocycles. The fourth-order valence-electron chi connectivity index (χ4n) is 2.47. The van der Waals surface area contributed by atoms with E-state index in [4.69, 9.17) is 6.42 Å². The molecule has 3 heteroatoms. The van der Waals surface area contributed by atoms with Crippen molar-refractivity contribution in [3.8, 4) is 12.3 Å². The largest absolute Gasteiger partial charge is 0.357 e. The molecular weight excluding hydrogens is 248 g/mol. The number of terminal acetylenes is 1. The zero-order chi connectivity index (χ0) is 13.9. The zero-order valence-electron chi connectivity index (χ0n) is 11.0. The van der Waals surface area contributed by atoms with Gasteiger partial charge in [0.2, 0.25) is 0 Å². The highest BCUT2D eigenvalue weighted by molar-refractivity contribution is 6.04. The first-order chi connectivity index (χ1) is 9.78. The minimum Gasteiger partial charge on any atom is -0.357 e. The number of hydrogen-bond acceptors (Lipinski definition) is 3. The van der Waals surface area contributed by atoms with E-state index in [1.54, 1.807) is 12.4 Å². The number of rotatable bonds is 2. The summed E-state index contributed by atoms with van der Waals surface area (Å²) in [5, 5.41) is 0. The molecule has 0 spiro atoms. The van der Waals surface area contributed by atoms with Crippen molar-refractivity contribution in [2.24, 2.45) is 10.9 Å². The maximum atomic E-state index is 12.2. The van der Waals surface area contributed by atoms with Crippen LogP contribution in [0.1, 0.15) is 5.56 Å². The van der Waals surface area contributed by atoms with Crippen LogP contribution in [-0.4, -0.2) is 23.6 Å². The van der Waals surface area contributed by atoms with Gasteiger partial charge >= 0.3 is 0 Å². The number of benzene rings is 1. The SMILES string of the molecule is C#CC1=CC=C2N=CN(Cc3ccccc3)CC2C1=O. The lowest BCUT2D eigenvalue weighted by molar-refractivity contribution is -0.118. The van der Waals surface area contributed by atoms with Crippen LogP contribution in [0.25, 0.3) is 0 Å². The number of hydrogen-bond donors (Lipinski definition) is 0. The van der Waals surface area contributed by atoms with Crippen LogP contribution in [0.4, 0.5) is 0 Å². The van der Waals surface area contributed by atoms with Gasteiger partial charge in [0.25, 0.3) is 0 Å². The predicted octanol–water partition coefficient (Wildman–Crippen LogP) is 2.17. The lowest BCUT2D eigenvalue weighted by atomic mass is 9.89. The molecule has 0 saturated carbocycles. The molecule has 0 N–H and O–H groups in total. The molecule has 3 nitrogen and oxygen atoms in total. The van der Waals surface area contributed by atoms with Crippen molar-refractivity contribution < 1.29 is 4.79 Å². The molecule has 20 heavy (non-hydrogen) atoms. The van der Waals surface area contributed by atoms with Crippen molar-refractivity contribution in [2.45, 2.75) is 6.54 Å². The molecule has 0 radical (unpaired) electrons. The van der Waals surface area contributed by atoms with Gasteiger partial charge < -0.3 is 4.90 Å². The van der Waals surface area contributed by atoms with Gasteiger partial charge in [-0.1, -0.05) is 36.3 Å². The average Bonchev–Trinajstić information content (AvgIpc) is 2.49. The van der Waals surface area contributed by atoms with Crippen LogP contribution >= 0.6 is 0 Å². The zero-order valence-corrected chi connectivity index (χ0v) is 11.0. The lowest BCUT2D eigenvalue weighted by Crippen LogP contribution is -2.37. The fraction of sp³-hybridized carbons (Fsp3) is 0.176. The van der Waals surface area contributed by atoms with Gasteiger partial charge in [0.05, 0.1) is 23.5 Å². The summed E-state index contributed by atoms with van der Waals surface area (Å²) in [5.41, 5.74) is 2.44. The second-order valence-electron chi connectivity index (χ2n) is 4.89. The Kier molecular flexibility index (Phi) is 3.22. The summed E-state index contributed by atoms with van der Waals surface area (Å²) in [6.07, 6.45) is 10.7. The summed E-state index contributed by atoms with van der Waals surface area (Å²) in [4.78, 5) is 18.7. The van der Waals surface area contributed by atoms with Gasteiger partial charge in [-0.25, -0.2) is 4.99 Å². The first-order valence-corrected chi connectivity index (χ1v) is 6.53. The van der Waals surface area contributed by atoms with E-state index in [1.807, 2.05) is 24.3 Å². The van der Waals surface area contributed by atoms with Crippen LogP contribution in [0, 0.1) is 18.3 Å². The number of aliphatic imine (C=N–C) groups is 1. The van der Waals surface area contributed by atoms with Crippen molar-refractivity contribution in [2.75, 3.05) is 6.54 Å². The molecule has 1 aromatic carbocycles. The lowest BCUT2D eigenvalue weighted by Gasteiger charge is -2.30. The van der Waals surface area contributed by atoms with Crippen LogP contribution in [0.15, 0.2) is 58.7 Å². The molecule has 0 aromatic heterocycles. The van der Waals surface area contributed by atoms with E-state index in [0.717, 1.165) is 12.2 Å². The molecule has 0 saturated heterocycles. The maximum Gasteiger partial charge on any atom is 0.182 e. The van der Waals surface area contributed by atoms with Gasteiger partial charge in [0.1, 0.15) is 0 Å². The summed E-state index contributed by atoms with van der Waals surface area (Å²) in [6.45, 7) is 1.37. The summed E-state index contributed by atoms with van der Waals surface area (Å²) < 4.78 is 0. The molecule has 98 valence electrons. The minimum atomic E-state index is -0.236. The molecule has 1 aliphatic heterocycles. The van der Waals surface area contributed by atoms with Crippen molar-refractivity contribution in [1.82, 2.24) is 4.90 Å². The van der Waals surface area contributed by atoms with E-state index in [9.17, 15) is 4.79 Å². The second kappa shape index (κ2) is 5.18. The van der Waals surface area contributed by atoms with Gasteiger partial charge in [-0.05, 0) is 17.7 Å². The number of fused-ring (bicyclic) bond motifs is 1. The summed E-state index contributed by atoms with van der Waals surface area (Å²) in [7, 11) is 0. The van der Waals surface area contributed by atoms with Crippen molar-refractivity contribution in [1.29, 1.82) is 0 Å². The molecule has 2 aliphatic rings. The highest BCUT2D eigenvalue weighted by Crippen LogP contribution is 2.26. The number of carbonyl (C=O) groups is 1. The summed E-state index contributed by atoms with van der Waals surface area (Å²) in [5.74, 6) is 2.21. The third-order valence-corrected chi connectivity index (χ3v) is 3.53. The Hall–Kier alpha value is -2.60. The van der Waals surface area contributed by atoms with Crippen LogP contribution in [0.3, 0.4) is 0 Å². The highest BCUT2D eigenvalue weighted by atomic mass is 16.1. The van der Waals surface area contributed by atoms with Gasteiger partial charge in [-0.3, -0.25) is 4.79 Å². The van der Waals surface area contributed by atoms with E-state index >= 15 is 0 Å². The third kappa shape index (κ3) is 2.28. The molecule has 1 unspecified atom stereocenters. The molecule has 1 aliphatic carbocycles. The Bertz CT molecular complexity index is 662. The van der Waals surface area contributed by atoms with E-state index in [-0.39, 0.29) is 11.7 Å². The Labute approximate surface area is 118 Å². The van der Waals surface area contributed by atoms with Crippen molar-refractivity contribution in [3.05, 3.63) is 59.3 Å². The first kappa shape index (κ1) is 12.4. The Morgan fingerprint density at radius 3 is 2.85 bits per heavy atom. The topological polar surface area (TPSA) is 32.7 Å². The van der Waals surface area contributed by atoms with Crippen LogP contribution < -0.4 is 0 Å². The van der Waals surface area contributed by atoms with E-state index in [0.29, 0.717) is 12.1 Å². The number of Topliss-reactive ketones (excluding diaryl/α,β-unsaturated/α-hetero) is 1. The van der Waals surface area contributed by atoms with Gasteiger partial charge in [-0.2, -0.15) is 0 Å². The minimum absolute atomic E-state index is 0.0000818. The highest BCUT2D eigenvalue weighted by Gasteiger charge is 2.31.